The van der Waals surface area contributed by atoms with Crippen LogP contribution in [-0.4, -0.2) is 14.8 Å². The number of hydrogen-bond acceptors (Lipinski definition) is 4. The SMILES string of the molecule is CCc1c(-c2nnc(SCc3cccc(F)c3)n2C)csc1C. The van der Waals surface area contributed by atoms with Gasteiger partial charge in [-0.2, -0.15) is 0 Å². The number of hydrogen-bond donors (Lipinski definition) is 0. The molecule has 0 aliphatic rings. The monoisotopic (exact) mass is 347 g/mol. The topological polar surface area (TPSA) is 30.7 Å². The van der Waals surface area contributed by atoms with Crippen molar-refractivity contribution >= 4 is 23.1 Å². The molecule has 3 rings (SSSR count). The van der Waals surface area contributed by atoms with Gasteiger partial charge in [0.1, 0.15) is 5.82 Å². The Hall–Kier alpha value is -1.66. The summed E-state index contributed by atoms with van der Waals surface area (Å²) in [6, 6.07) is 6.67. The summed E-state index contributed by atoms with van der Waals surface area (Å²) in [6.07, 6.45) is 0.989. The van der Waals surface area contributed by atoms with E-state index in [1.807, 2.05) is 17.7 Å². The van der Waals surface area contributed by atoms with Crippen molar-refractivity contribution in [1.29, 1.82) is 0 Å². The zero-order valence-electron chi connectivity index (χ0n) is 13.3. The van der Waals surface area contributed by atoms with Gasteiger partial charge in [-0.15, -0.1) is 21.5 Å². The van der Waals surface area contributed by atoms with Gasteiger partial charge in [-0.1, -0.05) is 30.8 Å². The summed E-state index contributed by atoms with van der Waals surface area (Å²) in [5.74, 6) is 1.36. The molecule has 3 nitrogen and oxygen atoms in total. The van der Waals surface area contributed by atoms with E-state index in [9.17, 15) is 4.39 Å². The maximum atomic E-state index is 13.2. The number of thioether (sulfide) groups is 1. The van der Waals surface area contributed by atoms with Crippen LogP contribution in [0.15, 0.2) is 34.8 Å². The minimum Gasteiger partial charge on any atom is -0.305 e. The highest BCUT2D eigenvalue weighted by Gasteiger charge is 2.16. The number of aryl methyl sites for hydroxylation is 1. The Morgan fingerprint density at radius 3 is 2.87 bits per heavy atom. The molecular formula is C17H18FN3S2. The van der Waals surface area contributed by atoms with E-state index in [-0.39, 0.29) is 5.82 Å². The second-order valence-corrected chi connectivity index (χ2v) is 7.35. The number of halogens is 1. The summed E-state index contributed by atoms with van der Waals surface area (Å²) in [4.78, 5) is 1.33. The van der Waals surface area contributed by atoms with Crippen molar-refractivity contribution in [1.82, 2.24) is 14.8 Å². The van der Waals surface area contributed by atoms with Crippen LogP contribution in [-0.2, 0) is 19.2 Å². The Bertz CT molecular complexity index is 823. The second kappa shape index (κ2) is 6.84. The molecule has 0 fully saturated rings. The molecule has 2 aromatic heterocycles. The first-order chi connectivity index (χ1) is 11.1. The second-order valence-electron chi connectivity index (χ2n) is 5.32. The van der Waals surface area contributed by atoms with Crippen LogP contribution in [0.4, 0.5) is 4.39 Å². The zero-order chi connectivity index (χ0) is 16.4. The van der Waals surface area contributed by atoms with Crippen LogP contribution in [0.2, 0.25) is 0 Å². The Balaban J connectivity index is 1.82. The van der Waals surface area contributed by atoms with Gasteiger partial charge in [-0.3, -0.25) is 0 Å². The molecule has 0 N–H and O–H groups in total. The zero-order valence-corrected chi connectivity index (χ0v) is 15.0. The Kier molecular flexibility index (Phi) is 4.82. The molecule has 120 valence electrons. The lowest BCUT2D eigenvalue weighted by atomic mass is 10.1. The average molecular weight is 347 g/mol. The van der Waals surface area contributed by atoms with Gasteiger partial charge in [0.05, 0.1) is 0 Å². The van der Waals surface area contributed by atoms with Gasteiger partial charge in [0.15, 0.2) is 11.0 Å². The van der Waals surface area contributed by atoms with Gasteiger partial charge in [0.2, 0.25) is 0 Å². The molecule has 0 saturated carbocycles. The van der Waals surface area contributed by atoms with Crippen molar-refractivity contribution in [3.05, 3.63) is 51.5 Å². The summed E-state index contributed by atoms with van der Waals surface area (Å²) in [5.41, 5.74) is 3.45. The van der Waals surface area contributed by atoms with E-state index < -0.39 is 0 Å². The van der Waals surface area contributed by atoms with Crippen LogP contribution in [0.1, 0.15) is 22.9 Å². The molecular weight excluding hydrogens is 329 g/mol. The molecule has 0 unspecified atom stereocenters. The van der Waals surface area contributed by atoms with Crippen LogP contribution in [0, 0.1) is 12.7 Å². The van der Waals surface area contributed by atoms with Crippen LogP contribution >= 0.6 is 23.1 Å². The largest absolute Gasteiger partial charge is 0.305 e. The summed E-state index contributed by atoms with van der Waals surface area (Å²) in [5, 5.41) is 11.7. The van der Waals surface area contributed by atoms with E-state index in [1.54, 1.807) is 35.2 Å². The average Bonchev–Trinajstić information content (AvgIpc) is 3.08. The number of thiophene rings is 1. The third kappa shape index (κ3) is 3.33. The van der Waals surface area contributed by atoms with Gasteiger partial charge in [0.25, 0.3) is 0 Å². The third-order valence-electron chi connectivity index (χ3n) is 3.79. The van der Waals surface area contributed by atoms with Gasteiger partial charge in [-0.25, -0.2) is 4.39 Å². The predicted molar refractivity (Wildman–Crippen MR) is 94.4 cm³/mol. The number of rotatable bonds is 5. The highest BCUT2D eigenvalue weighted by atomic mass is 32.2. The van der Waals surface area contributed by atoms with Crippen molar-refractivity contribution in [2.24, 2.45) is 7.05 Å². The quantitative estimate of drug-likeness (QED) is 0.618. The molecule has 0 aliphatic heterocycles. The molecule has 0 saturated heterocycles. The van der Waals surface area contributed by atoms with Crippen LogP contribution in [0.5, 0.6) is 0 Å². The summed E-state index contributed by atoms with van der Waals surface area (Å²) >= 11 is 3.32. The minimum absolute atomic E-state index is 0.205. The van der Waals surface area contributed by atoms with E-state index in [0.29, 0.717) is 5.75 Å². The van der Waals surface area contributed by atoms with Crippen LogP contribution in [0.25, 0.3) is 11.4 Å². The molecule has 23 heavy (non-hydrogen) atoms. The van der Waals surface area contributed by atoms with E-state index in [0.717, 1.165) is 23.0 Å². The van der Waals surface area contributed by atoms with Crippen molar-refractivity contribution in [3.8, 4) is 11.4 Å². The predicted octanol–water partition coefficient (Wildman–Crippen LogP) is 4.85. The van der Waals surface area contributed by atoms with Gasteiger partial charge in [-0.05, 0) is 36.6 Å². The summed E-state index contributed by atoms with van der Waals surface area (Å²) in [7, 11) is 1.98. The number of benzene rings is 1. The molecule has 3 aromatic rings. The smallest absolute Gasteiger partial charge is 0.191 e. The minimum atomic E-state index is -0.205. The Morgan fingerprint density at radius 1 is 1.30 bits per heavy atom. The normalized spacial score (nSPS) is 11.1. The highest BCUT2D eigenvalue weighted by molar-refractivity contribution is 7.98. The van der Waals surface area contributed by atoms with Crippen LogP contribution < -0.4 is 0 Å². The van der Waals surface area contributed by atoms with Gasteiger partial charge >= 0.3 is 0 Å². The lowest BCUT2D eigenvalue weighted by molar-refractivity contribution is 0.626. The summed E-state index contributed by atoms with van der Waals surface area (Å²) in [6.45, 7) is 4.30. The van der Waals surface area contributed by atoms with E-state index in [1.165, 1.54) is 22.1 Å². The van der Waals surface area contributed by atoms with E-state index in [2.05, 4.69) is 29.4 Å². The lowest BCUT2D eigenvalue weighted by Gasteiger charge is -2.05. The first-order valence-electron chi connectivity index (χ1n) is 7.44. The van der Waals surface area contributed by atoms with Gasteiger partial charge in [0, 0.05) is 28.6 Å². The first kappa shape index (κ1) is 16.2. The van der Waals surface area contributed by atoms with E-state index >= 15 is 0 Å². The van der Waals surface area contributed by atoms with Gasteiger partial charge < -0.3 is 4.57 Å². The molecule has 0 amide bonds. The maximum absolute atomic E-state index is 13.2. The molecule has 0 radical (unpaired) electrons. The Morgan fingerprint density at radius 2 is 2.13 bits per heavy atom. The molecule has 0 aliphatic carbocycles. The standard InChI is InChI=1S/C17H18FN3S2/c1-4-14-11(2)22-10-15(14)16-19-20-17(21(16)3)23-9-12-6-5-7-13(18)8-12/h5-8,10H,4,9H2,1-3H3. The molecule has 6 heteroatoms. The summed E-state index contributed by atoms with van der Waals surface area (Å²) < 4.78 is 15.3. The van der Waals surface area contributed by atoms with Crippen LogP contribution in [0.3, 0.4) is 0 Å². The molecule has 0 bridgehead atoms. The third-order valence-corrected chi connectivity index (χ3v) is 5.83. The molecule has 1 aromatic carbocycles. The van der Waals surface area contributed by atoms with Crippen molar-refractivity contribution in [2.75, 3.05) is 0 Å². The first-order valence-corrected chi connectivity index (χ1v) is 9.30. The molecule has 0 atom stereocenters. The fourth-order valence-corrected chi connectivity index (χ4v) is 4.35. The van der Waals surface area contributed by atoms with Crippen molar-refractivity contribution < 1.29 is 4.39 Å². The number of aromatic nitrogens is 3. The number of nitrogens with zero attached hydrogens (tertiary/aromatic N) is 3. The van der Waals surface area contributed by atoms with Crippen molar-refractivity contribution in [3.63, 3.8) is 0 Å². The van der Waals surface area contributed by atoms with Crippen molar-refractivity contribution in [2.45, 2.75) is 31.2 Å². The van der Waals surface area contributed by atoms with E-state index in [4.69, 9.17) is 0 Å². The highest BCUT2D eigenvalue weighted by Crippen LogP contribution is 2.32. The molecule has 0 spiro atoms. The fourth-order valence-electron chi connectivity index (χ4n) is 2.56. The Labute approximate surface area is 143 Å². The molecule has 2 heterocycles. The maximum Gasteiger partial charge on any atom is 0.191 e. The fraction of sp³-hybridized carbons (Fsp3) is 0.294. The lowest BCUT2D eigenvalue weighted by Crippen LogP contribution is -1.96.